The van der Waals surface area contributed by atoms with Gasteiger partial charge in [0.25, 0.3) is 0 Å². The van der Waals surface area contributed by atoms with Gasteiger partial charge in [-0.25, -0.2) is 9.97 Å². The van der Waals surface area contributed by atoms with Crippen LogP contribution in [0.2, 0.25) is 0 Å². The first-order chi connectivity index (χ1) is 9.76. The standard InChI is InChI=1S/C15H23N5/c1-3-16-13-10-20-9-8-17-15(20)14(19-13)18-12-6-4-11(2)5-7-12/h8-12,16H,3-7H2,1-2H3,(H,18,19). The van der Waals surface area contributed by atoms with Gasteiger partial charge < -0.3 is 15.0 Å². The molecule has 1 fully saturated rings. The number of fused-ring (bicyclic) bond motifs is 1. The Kier molecular flexibility index (Phi) is 3.76. The van der Waals surface area contributed by atoms with Gasteiger partial charge in [-0.05, 0) is 38.5 Å². The van der Waals surface area contributed by atoms with Crippen LogP contribution in [-0.4, -0.2) is 27.0 Å². The van der Waals surface area contributed by atoms with Crippen molar-refractivity contribution in [1.82, 2.24) is 14.4 Å². The minimum atomic E-state index is 0.524. The Balaban J connectivity index is 1.83. The van der Waals surface area contributed by atoms with Crippen molar-refractivity contribution in [3.63, 3.8) is 0 Å². The third-order valence-corrected chi connectivity index (χ3v) is 4.09. The predicted molar refractivity (Wildman–Crippen MR) is 82.2 cm³/mol. The Labute approximate surface area is 119 Å². The summed E-state index contributed by atoms with van der Waals surface area (Å²) in [6, 6.07) is 0.524. The summed E-state index contributed by atoms with van der Waals surface area (Å²) in [5.74, 6) is 2.65. The zero-order chi connectivity index (χ0) is 13.9. The molecule has 108 valence electrons. The molecule has 3 rings (SSSR count). The normalized spacial score (nSPS) is 22.9. The van der Waals surface area contributed by atoms with Crippen molar-refractivity contribution < 1.29 is 0 Å². The van der Waals surface area contributed by atoms with Gasteiger partial charge in [0.2, 0.25) is 0 Å². The average Bonchev–Trinajstić information content (AvgIpc) is 2.90. The molecular weight excluding hydrogens is 250 g/mol. The second-order valence-electron chi connectivity index (χ2n) is 5.76. The highest BCUT2D eigenvalue weighted by Gasteiger charge is 2.19. The molecule has 2 aromatic rings. The molecule has 0 atom stereocenters. The minimum Gasteiger partial charge on any atom is -0.369 e. The molecule has 0 aliphatic heterocycles. The van der Waals surface area contributed by atoms with Crippen molar-refractivity contribution in [1.29, 1.82) is 0 Å². The van der Waals surface area contributed by atoms with Gasteiger partial charge in [0.1, 0.15) is 5.82 Å². The van der Waals surface area contributed by atoms with Gasteiger partial charge in [-0.1, -0.05) is 6.92 Å². The fraction of sp³-hybridized carbons (Fsp3) is 0.600. The number of hydrogen-bond donors (Lipinski definition) is 2. The number of imidazole rings is 1. The summed E-state index contributed by atoms with van der Waals surface area (Å²) in [5.41, 5.74) is 0.908. The lowest BCUT2D eigenvalue weighted by molar-refractivity contribution is 0.361. The topological polar surface area (TPSA) is 54.2 Å². The first-order valence-electron chi connectivity index (χ1n) is 7.60. The lowest BCUT2D eigenvalue weighted by atomic mass is 9.87. The van der Waals surface area contributed by atoms with Crippen molar-refractivity contribution in [3.05, 3.63) is 18.6 Å². The molecular formula is C15H23N5. The molecule has 20 heavy (non-hydrogen) atoms. The Morgan fingerprint density at radius 3 is 2.85 bits per heavy atom. The molecule has 5 heteroatoms. The number of anilines is 2. The summed E-state index contributed by atoms with van der Waals surface area (Å²) in [6.07, 6.45) is 10.8. The highest BCUT2D eigenvalue weighted by atomic mass is 15.1. The van der Waals surface area contributed by atoms with E-state index in [1.165, 1.54) is 25.7 Å². The van der Waals surface area contributed by atoms with Crippen molar-refractivity contribution in [2.45, 2.75) is 45.6 Å². The molecule has 0 saturated heterocycles. The van der Waals surface area contributed by atoms with Crippen LogP contribution in [0.4, 0.5) is 11.6 Å². The number of nitrogens with one attached hydrogen (secondary N) is 2. The number of hydrogen-bond acceptors (Lipinski definition) is 4. The molecule has 1 saturated carbocycles. The van der Waals surface area contributed by atoms with Gasteiger partial charge in [0.05, 0.1) is 6.20 Å². The highest BCUT2D eigenvalue weighted by Crippen LogP contribution is 2.27. The van der Waals surface area contributed by atoms with Gasteiger partial charge in [-0.3, -0.25) is 0 Å². The molecule has 1 aliphatic carbocycles. The van der Waals surface area contributed by atoms with Gasteiger partial charge in [-0.15, -0.1) is 0 Å². The predicted octanol–water partition coefficient (Wildman–Crippen LogP) is 3.15. The molecule has 0 radical (unpaired) electrons. The SMILES string of the molecule is CCNc1cn2ccnc2c(NC2CCC(C)CC2)n1. The van der Waals surface area contributed by atoms with Gasteiger partial charge in [0.15, 0.2) is 11.5 Å². The van der Waals surface area contributed by atoms with Crippen molar-refractivity contribution >= 4 is 17.3 Å². The summed E-state index contributed by atoms with van der Waals surface area (Å²) in [5, 5.41) is 6.87. The quantitative estimate of drug-likeness (QED) is 0.898. The van der Waals surface area contributed by atoms with Crippen LogP contribution in [0.15, 0.2) is 18.6 Å². The van der Waals surface area contributed by atoms with E-state index in [2.05, 4.69) is 34.4 Å². The van der Waals surface area contributed by atoms with E-state index in [0.717, 1.165) is 29.7 Å². The van der Waals surface area contributed by atoms with Crippen LogP contribution < -0.4 is 10.6 Å². The largest absolute Gasteiger partial charge is 0.369 e. The van der Waals surface area contributed by atoms with E-state index in [-0.39, 0.29) is 0 Å². The van der Waals surface area contributed by atoms with E-state index in [4.69, 9.17) is 0 Å². The maximum atomic E-state index is 4.67. The lowest BCUT2D eigenvalue weighted by Gasteiger charge is -2.27. The molecule has 0 bridgehead atoms. The van der Waals surface area contributed by atoms with Crippen LogP contribution in [0.3, 0.4) is 0 Å². The van der Waals surface area contributed by atoms with Gasteiger partial charge in [-0.2, -0.15) is 0 Å². The van der Waals surface area contributed by atoms with Crippen LogP contribution in [0.5, 0.6) is 0 Å². The molecule has 2 heterocycles. The van der Waals surface area contributed by atoms with Crippen LogP contribution in [0.25, 0.3) is 5.65 Å². The van der Waals surface area contributed by atoms with E-state index in [9.17, 15) is 0 Å². The second-order valence-corrected chi connectivity index (χ2v) is 5.76. The molecule has 0 aromatic carbocycles. The molecule has 2 N–H and O–H groups in total. The van der Waals surface area contributed by atoms with Crippen LogP contribution >= 0.6 is 0 Å². The van der Waals surface area contributed by atoms with E-state index >= 15 is 0 Å². The van der Waals surface area contributed by atoms with Crippen molar-refractivity contribution in [3.8, 4) is 0 Å². The second kappa shape index (κ2) is 5.69. The Bertz CT molecular complexity index is 569. The van der Waals surface area contributed by atoms with Crippen LogP contribution in [0.1, 0.15) is 39.5 Å². The summed E-state index contributed by atoms with van der Waals surface area (Å²) in [4.78, 5) is 9.08. The van der Waals surface area contributed by atoms with E-state index in [1.54, 1.807) is 0 Å². The third kappa shape index (κ3) is 2.71. The highest BCUT2D eigenvalue weighted by molar-refractivity contribution is 5.65. The zero-order valence-electron chi connectivity index (χ0n) is 12.3. The Morgan fingerprint density at radius 2 is 2.10 bits per heavy atom. The number of aromatic nitrogens is 3. The Hall–Kier alpha value is -1.78. The fourth-order valence-electron chi connectivity index (χ4n) is 2.89. The zero-order valence-corrected chi connectivity index (χ0v) is 12.3. The fourth-order valence-corrected chi connectivity index (χ4v) is 2.89. The van der Waals surface area contributed by atoms with E-state index in [0.29, 0.717) is 6.04 Å². The summed E-state index contributed by atoms with van der Waals surface area (Å²) >= 11 is 0. The minimum absolute atomic E-state index is 0.524. The van der Waals surface area contributed by atoms with Crippen molar-refractivity contribution in [2.24, 2.45) is 5.92 Å². The van der Waals surface area contributed by atoms with E-state index < -0.39 is 0 Å². The molecule has 0 spiro atoms. The number of rotatable bonds is 4. The first kappa shape index (κ1) is 13.2. The maximum absolute atomic E-state index is 4.67. The smallest absolute Gasteiger partial charge is 0.180 e. The first-order valence-corrected chi connectivity index (χ1v) is 7.60. The maximum Gasteiger partial charge on any atom is 0.180 e. The molecule has 2 aromatic heterocycles. The van der Waals surface area contributed by atoms with Crippen LogP contribution in [-0.2, 0) is 0 Å². The summed E-state index contributed by atoms with van der Waals surface area (Å²) in [7, 11) is 0. The molecule has 5 nitrogen and oxygen atoms in total. The van der Waals surface area contributed by atoms with Gasteiger partial charge in [0, 0.05) is 25.0 Å². The average molecular weight is 273 g/mol. The third-order valence-electron chi connectivity index (χ3n) is 4.09. The summed E-state index contributed by atoms with van der Waals surface area (Å²) in [6.45, 7) is 5.29. The van der Waals surface area contributed by atoms with Crippen molar-refractivity contribution in [2.75, 3.05) is 17.2 Å². The van der Waals surface area contributed by atoms with E-state index in [1.807, 2.05) is 23.0 Å². The molecule has 1 aliphatic rings. The monoisotopic (exact) mass is 273 g/mol. The summed E-state index contributed by atoms with van der Waals surface area (Å²) < 4.78 is 2.03. The molecule has 0 unspecified atom stereocenters. The number of nitrogens with zero attached hydrogens (tertiary/aromatic N) is 3. The lowest BCUT2D eigenvalue weighted by Crippen LogP contribution is -2.26. The Morgan fingerprint density at radius 1 is 1.30 bits per heavy atom. The van der Waals surface area contributed by atoms with Crippen LogP contribution in [0, 0.1) is 5.92 Å². The molecule has 0 amide bonds. The van der Waals surface area contributed by atoms with Gasteiger partial charge >= 0.3 is 0 Å².